The van der Waals surface area contributed by atoms with Crippen LogP contribution < -0.4 is 0 Å². The molecule has 3 unspecified atom stereocenters. The molecule has 0 spiro atoms. The van der Waals surface area contributed by atoms with Crippen molar-refractivity contribution in [3.8, 4) is 0 Å². The van der Waals surface area contributed by atoms with Crippen molar-refractivity contribution in [2.24, 2.45) is 16.4 Å². The van der Waals surface area contributed by atoms with Gasteiger partial charge in [0, 0.05) is 30.1 Å². The van der Waals surface area contributed by atoms with E-state index in [0.717, 1.165) is 24.8 Å². The number of aliphatic hydroxyl groups is 1. The highest BCUT2D eigenvalue weighted by Gasteiger charge is 2.56. The zero-order chi connectivity index (χ0) is 17.2. The van der Waals surface area contributed by atoms with Crippen molar-refractivity contribution >= 4 is 17.8 Å². The van der Waals surface area contributed by atoms with Crippen LogP contribution >= 0.6 is 11.6 Å². The van der Waals surface area contributed by atoms with E-state index in [1.807, 2.05) is 18.5 Å². The van der Waals surface area contributed by atoms with Crippen LogP contribution in [0.15, 0.2) is 41.6 Å². The molecule has 1 aromatic rings. The van der Waals surface area contributed by atoms with E-state index in [9.17, 15) is 9.50 Å². The summed E-state index contributed by atoms with van der Waals surface area (Å²) in [4.78, 5) is 0. The van der Waals surface area contributed by atoms with Crippen molar-refractivity contribution in [1.82, 2.24) is 5.01 Å². The van der Waals surface area contributed by atoms with Gasteiger partial charge in [0.25, 0.3) is 0 Å². The van der Waals surface area contributed by atoms with E-state index < -0.39 is 5.60 Å². The average Bonchev–Trinajstić information content (AvgIpc) is 2.83. The number of β-amino-alcohol motifs (C(OH)–C–C–N with tert-alkyl or cyclic N) is 1. The van der Waals surface area contributed by atoms with Crippen LogP contribution in [0.3, 0.4) is 0 Å². The van der Waals surface area contributed by atoms with Crippen molar-refractivity contribution < 1.29 is 9.50 Å². The molecule has 1 aliphatic heterocycles. The van der Waals surface area contributed by atoms with E-state index in [1.165, 1.54) is 12.1 Å². The summed E-state index contributed by atoms with van der Waals surface area (Å²) in [5, 5.41) is 17.8. The van der Waals surface area contributed by atoms with Gasteiger partial charge in [0.15, 0.2) is 0 Å². The van der Waals surface area contributed by atoms with Gasteiger partial charge in [0.05, 0.1) is 12.1 Å². The van der Waals surface area contributed by atoms with E-state index in [-0.39, 0.29) is 17.2 Å². The number of hydrazone groups is 1. The number of benzene rings is 1. The Kier molecular flexibility index (Phi) is 4.97. The topological polar surface area (TPSA) is 35.8 Å². The molecule has 0 bridgehead atoms. The van der Waals surface area contributed by atoms with Gasteiger partial charge in [0.1, 0.15) is 5.82 Å². The first-order valence-corrected chi connectivity index (χ1v) is 8.99. The minimum Gasteiger partial charge on any atom is -0.387 e. The largest absolute Gasteiger partial charge is 0.387 e. The van der Waals surface area contributed by atoms with Gasteiger partial charge in [-0.25, -0.2) is 4.39 Å². The number of rotatable bonds is 5. The molecule has 1 fully saturated rings. The molecule has 1 saturated carbocycles. The Balaban J connectivity index is 1.83. The fourth-order valence-corrected chi connectivity index (χ4v) is 4.26. The molecule has 3 nitrogen and oxygen atoms in total. The summed E-state index contributed by atoms with van der Waals surface area (Å²) >= 11 is 6.26. The van der Waals surface area contributed by atoms with Crippen molar-refractivity contribution in [2.75, 3.05) is 12.4 Å². The maximum Gasteiger partial charge on any atom is 0.123 e. The molecule has 0 amide bonds. The molecule has 5 heteroatoms. The highest BCUT2D eigenvalue weighted by Crippen LogP contribution is 2.52. The molecule has 1 aliphatic carbocycles. The Labute approximate surface area is 147 Å². The van der Waals surface area contributed by atoms with Crippen LogP contribution in [0.2, 0.25) is 0 Å². The zero-order valence-corrected chi connectivity index (χ0v) is 14.7. The smallest absolute Gasteiger partial charge is 0.123 e. The molecular formula is C19H24ClFN2O. The predicted molar refractivity (Wildman–Crippen MR) is 95.6 cm³/mol. The number of alkyl halides is 1. The molecule has 3 rings (SSSR count). The first-order valence-electron chi connectivity index (χ1n) is 8.45. The van der Waals surface area contributed by atoms with Crippen LogP contribution in [0, 0.1) is 17.2 Å². The van der Waals surface area contributed by atoms with E-state index in [4.69, 9.17) is 11.6 Å². The monoisotopic (exact) mass is 350 g/mol. The molecule has 1 N–H and O–H groups in total. The van der Waals surface area contributed by atoms with E-state index in [0.29, 0.717) is 18.8 Å². The molecule has 3 atom stereocenters. The van der Waals surface area contributed by atoms with Crippen LogP contribution in [-0.2, 0) is 6.42 Å². The fraction of sp³-hybridized carbons (Fsp3) is 0.526. The number of hydrogen-bond donors (Lipinski definition) is 1. The van der Waals surface area contributed by atoms with Gasteiger partial charge < -0.3 is 5.11 Å². The minimum absolute atomic E-state index is 0.0669. The lowest BCUT2D eigenvalue weighted by atomic mass is 9.72. The minimum atomic E-state index is -0.942. The van der Waals surface area contributed by atoms with Gasteiger partial charge in [-0.1, -0.05) is 25.1 Å². The predicted octanol–water partition coefficient (Wildman–Crippen LogP) is 3.96. The lowest BCUT2D eigenvalue weighted by Gasteiger charge is -2.44. The van der Waals surface area contributed by atoms with Crippen molar-refractivity contribution in [1.29, 1.82) is 0 Å². The maximum absolute atomic E-state index is 13.1. The number of allylic oxidation sites excluding steroid dienone is 1. The first-order chi connectivity index (χ1) is 11.5. The summed E-state index contributed by atoms with van der Waals surface area (Å²) in [6.45, 7) is 2.48. The fourth-order valence-electron chi connectivity index (χ4n) is 3.89. The molecule has 0 saturated heterocycles. The summed E-state index contributed by atoms with van der Waals surface area (Å²) in [5.41, 5.74) is -0.265. The van der Waals surface area contributed by atoms with Crippen molar-refractivity contribution in [3.63, 3.8) is 0 Å². The van der Waals surface area contributed by atoms with Gasteiger partial charge in [-0.3, -0.25) is 5.01 Å². The Hall–Kier alpha value is -1.39. The Morgan fingerprint density at radius 3 is 2.75 bits per heavy atom. The molecule has 1 heterocycles. The molecule has 0 aromatic heterocycles. The van der Waals surface area contributed by atoms with Crippen LogP contribution in [0.4, 0.5) is 4.39 Å². The second-order valence-corrected chi connectivity index (χ2v) is 7.47. The lowest BCUT2D eigenvalue weighted by Crippen LogP contribution is -2.54. The normalized spacial score (nSPS) is 32.5. The quantitative estimate of drug-likeness (QED) is 0.816. The van der Waals surface area contributed by atoms with Crippen molar-refractivity contribution in [3.05, 3.63) is 47.9 Å². The highest BCUT2D eigenvalue weighted by molar-refractivity contribution is 6.18. The standard InChI is InChI=1S/C19H24ClFN2O/c1-18(13-20)9-8-16(12-15-4-6-17(21)7-5-15)19(18,24)14-23-11-3-2-10-22-23/h3-7,10-11,16,24H,2,8-9,12-14H2,1H3. The zero-order valence-electron chi connectivity index (χ0n) is 14.0. The van der Waals surface area contributed by atoms with Gasteiger partial charge >= 0.3 is 0 Å². The van der Waals surface area contributed by atoms with Crippen LogP contribution in [0.25, 0.3) is 0 Å². The summed E-state index contributed by atoms with van der Waals surface area (Å²) in [6, 6.07) is 6.54. The van der Waals surface area contributed by atoms with Crippen LogP contribution in [0.1, 0.15) is 31.7 Å². The van der Waals surface area contributed by atoms with Gasteiger partial charge in [-0.15, -0.1) is 11.6 Å². The third kappa shape index (κ3) is 3.22. The van der Waals surface area contributed by atoms with E-state index >= 15 is 0 Å². The number of halogens is 2. The Morgan fingerprint density at radius 1 is 1.38 bits per heavy atom. The van der Waals surface area contributed by atoms with Crippen molar-refractivity contribution in [2.45, 2.75) is 38.2 Å². The molecule has 130 valence electrons. The number of nitrogens with zero attached hydrogens (tertiary/aromatic N) is 2. The highest BCUT2D eigenvalue weighted by atomic mass is 35.5. The summed E-state index contributed by atoms with van der Waals surface area (Å²) in [7, 11) is 0. The van der Waals surface area contributed by atoms with Crippen LogP contribution in [-0.4, -0.2) is 34.4 Å². The van der Waals surface area contributed by atoms with E-state index in [1.54, 1.807) is 17.1 Å². The summed E-state index contributed by atoms with van der Waals surface area (Å²) < 4.78 is 13.1. The van der Waals surface area contributed by atoms with Gasteiger partial charge in [0.2, 0.25) is 0 Å². The summed E-state index contributed by atoms with van der Waals surface area (Å²) in [5.74, 6) is 0.237. The first kappa shape index (κ1) is 17.4. The van der Waals surface area contributed by atoms with E-state index in [2.05, 4.69) is 12.0 Å². The molecule has 1 aromatic carbocycles. The molecule has 0 radical (unpaired) electrons. The Bertz CT molecular complexity index is 621. The van der Waals surface area contributed by atoms with Crippen LogP contribution in [0.5, 0.6) is 0 Å². The molecular weight excluding hydrogens is 327 g/mol. The summed E-state index contributed by atoms with van der Waals surface area (Å²) in [6.07, 6.45) is 9.09. The lowest BCUT2D eigenvalue weighted by molar-refractivity contribution is -0.0884. The SMILES string of the molecule is CC1(CCl)CCC(Cc2ccc(F)cc2)C1(O)CN1C=CCC=N1. The third-order valence-corrected chi connectivity index (χ3v) is 6.20. The van der Waals surface area contributed by atoms with Gasteiger partial charge in [-0.2, -0.15) is 5.10 Å². The Morgan fingerprint density at radius 2 is 2.12 bits per heavy atom. The number of hydrogen-bond acceptors (Lipinski definition) is 3. The van der Waals surface area contributed by atoms with Gasteiger partial charge in [-0.05, 0) is 42.9 Å². The molecule has 24 heavy (non-hydrogen) atoms. The second-order valence-electron chi connectivity index (χ2n) is 7.20. The maximum atomic E-state index is 13.1. The molecule has 2 aliphatic rings. The average molecular weight is 351 g/mol. The third-order valence-electron chi connectivity index (χ3n) is 5.61. The second kappa shape index (κ2) is 6.85.